The van der Waals surface area contributed by atoms with Crippen LogP contribution in [0.3, 0.4) is 0 Å². The monoisotopic (exact) mass is 165 g/mol. The van der Waals surface area contributed by atoms with Crippen LogP contribution < -0.4 is 5.73 Å². The molecule has 0 rings (SSSR count). The summed E-state index contributed by atoms with van der Waals surface area (Å²) < 4.78 is 35.1. The van der Waals surface area contributed by atoms with Crippen molar-refractivity contribution in [3.63, 3.8) is 0 Å². The van der Waals surface area contributed by atoms with Crippen molar-refractivity contribution in [1.29, 1.82) is 0 Å². The Hall–Kier alpha value is -0.770. The van der Waals surface area contributed by atoms with E-state index >= 15 is 0 Å². The van der Waals surface area contributed by atoms with Gasteiger partial charge in [-0.2, -0.15) is 13.2 Å². The molecule has 0 aliphatic rings. The number of nitrogens with two attached hydrogens (primary N) is 1. The van der Waals surface area contributed by atoms with Crippen LogP contribution in [-0.4, -0.2) is 12.2 Å². The number of rotatable bonds is 2. The molecule has 1 nitrogen and oxygen atoms in total. The number of halogens is 3. The van der Waals surface area contributed by atoms with Gasteiger partial charge in [-0.1, -0.05) is 18.7 Å². The fourth-order valence-corrected chi connectivity index (χ4v) is 0.362. The van der Waals surface area contributed by atoms with Gasteiger partial charge in [0.15, 0.2) is 0 Å². The zero-order valence-corrected chi connectivity index (χ0v) is 6.15. The van der Waals surface area contributed by atoms with E-state index < -0.39 is 11.7 Å². The van der Waals surface area contributed by atoms with Gasteiger partial charge in [-0.25, -0.2) is 0 Å². The predicted octanol–water partition coefficient (Wildman–Crippen LogP) is 2.01. The Labute approximate surface area is 63.4 Å². The maximum absolute atomic E-state index is 11.7. The van der Waals surface area contributed by atoms with Crippen LogP contribution in [0.15, 0.2) is 24.3 Å². The van der Waals surface area contributed by atoms with E-state index in [2.05, 4.69) is 6.58 Å². The lowest BCUT2D eigenvalue weighted by Crippen LogP contribution is -2.13. The second-order valence-electron chi connectivity index (χ2n) is 2.24. The van der Waals surface area contributed by atoms with Gasteiger partial charge in [-0.3, -0.25) is 0 Å². The molecule has 11 heavy (non-hydrogen) atoms. The van der Waals surface area contributed by atoms with Gasteiger partial charge < -0.3 is 5.73 Å². The summed E-state index contributed by atoms with van der Waals surface area (Å²) in [6, 6.07) is -0.380. The molecule has 2 N–H and O–H groups in total. The first kappa shape index (κ1) is 10.2. The van der Waals surface area contributed by atoms with Gasteiger partial charge in [0.1, 0.15) is 0 Å². The molecule has 0 heterocycles. The second kappa shape index (κ2) is 3.57. The van der Waals surface area contributed by atoms with Crippen LogP contribution in [0.1, 0.15) is 6.92 Å². The summed E-state index contributed by atoms with van der Waals surface area (Å²) in [6.45, 7) is 4.41. The van der Waals surface area contributed by atoms with Gasteiger partial charge >= 0.3 is 6.18 Å². The van der Waals surface area contributed by atoms with Crippen molar-refractivity contribution in [3.05, 3.63) is 24.3 Å². The van der Waals surface area contributed by atoms with Crippen molar-refractivity contribution in [2.24, 2.45) is 5.73 Å². The number of alkyl halides is 3. The van der Waals surface area contributed by atoms with Crippen LogP contribution in [0.2, 0.25) is 0 Å². The Bertz CT molecular complexity index is 167. The highest BCUT2D eigenvalue weighted by Crippen LogP contribution is 2.24. The minimum absolute atomic E-state index is 0.380. The highest BCUT2D eigenvalue weighted by molar-refractivity contribution is 5.20. The third-order valence-corrected chi connectivity index (χ3v) is 0.965. The lowest BCUT2D eigenvalue weighted by Gasteiger charge is -2.04. The fourth-order valence-electron chi connectivity index (χ4n) is 0.362. The van der Waals surface area contributed by atoms with Gasteiger partial charge in [0.2, 0.25) is 0 Å². The Morgan fingerprint density at radius 1 is 1.55 bits per heavy atom. The van der Waals surface area contributed by atoms with E-state index in [4.69, 9.17) is 5.73 Å². The molecule has 0 aromatic rings. The summed E-state index contributed by atoms with van der Waals surface area (Å²) in [5, 5.41) is 0. The van der Waals surface area contributed by atoms with E-state index in [0.29, 0.717) is 0 Å². The third kappa shape index (κ3) is 4.61. The lowest BCUT2D eigenvalue weighted by atomic mass is 10.2. The molecule has 64 valence electrons. The minimum Gasteiger partial charge on any atom is -0.325 e. The standard InChI is InChI=1S/C7H10F3N/c1-5(7(8,9)10)3-4-6(2)11/h3-4,6H,1,11H2,2H3/b4-3-. The molecule has 4 heteroatoms. The largest absolute Gasteiger partial charge is 0.415 e. The van der Waals surface area contributed by atoms with Crippen LogP contribution in [0, 0.1) is 0 Å². The van der Waals surface area contributed by atoms with E-state index in [1.807, 2.05) is 0 Å². The van der Waals surface area contributed by atoms with Crippen molar-refractivity contribution >= 4 is 0 Å². The summed E-state index contributed by atoms with van der Waals surface area (Å²) in [4.78, 5) is 0. The molecule has 0 saturated heterocycles. The summed E-state index contributed by atoms with van der Waals surface area (Å²) in [5.74, 6) is 0. The maximum Gasteiger partial charge on any atom is 0.415 e. The van der Waals surface area contributed by atoms with Gasteiger partial charge in [-0.05, 0) is 6.92 Å². The molecule has 1 unspecified atom stereocenters. The summed E-state index contributed by atoms with van der Waals surface area (Å²) in [5.41, 5.74) is 4.31. The fraction of sp³-hybridized carbons (Fsp3) is 0.429. The second-order valence-corrected chi connectivity index (χ2v) is 2.24. The van der Waals surface area contributed by atoms with Crippen molar-refractivity contribution in [1.82, 2.24) is 0 Å². The molecule has 0 fully saturated rings. The summed E-state index contributed by atoms with van der Waals surface area (Å²) in [7, 11) is 0. The van der Waals surface area contributed by atoms with Crippen LogP contribution in [-0.2, 0) is 0 Å². The average molecular weight is 165 g/mol. The quantitative estimate of drug-likeness (QED) is 0.622. The zero-order valence-electron chi connectivity index (χ0n) is 6.15. The first-order valence-corrected chi connectivity index (χ1v) is 3.04. The van der Waals surface area contributed by atoms with E-state index in [1.165, 1.54) is 6.08 Å². The molecular weight excluding hydrogens is 155 g/mol. The zero-order chi connectivity index (χ0) is 9.07. The van der Waals surface area contributed by atoms with E-state index in [-0.39, 0.29) is 6.04 Å². The molecule has 1 atom stereocenters. The highest BCUT2D eigenvalue weighted by atomic mass is 19.4. The normalized spacial score (nSPS) is 15.4. The van der Waals surface area contributed by atoms with Gasteiger partial charge in [0.05, 0.1) is 0 Å². The van der Waals surface area contributed by atoms with Gasteiger partial charge in [0.25, 0.3) is 0 Å². The molecule has 0 saturated carbocycles. The summed E-state index contributed by atoms with van der Waals surface area (Å²) >= 11 is 0. The van der Waals surface area contributed by atoms with Crippen LogP contribution >= 0.6 is 0 Å². The number of hydrogen-bond donors (Lipinski definition) is 1. The van der Waals surface area contributed by atoms with Crippen molar-refractivity contribution < 1.29 is 13.2 Å². The molecule has 0 bridgehead atoms. The molecule has 0 aliphatic carbocycles. The van der Waals surface area contributed by atoms with Crippen LogP contribution in [0.4, 0.5) is 13.2 Å². The lowest BCUT2D eigenvalue weighted by molar-refractivity contribution is -0.0878. The Kier molecular flexibility index (Phi) is 3.32. The van der Waals surface area contributed by atoms with E-state index in [9.17, 15) is 13.2 Å². The number of allylic oxidation sites excluding steroid dienone is 2. The third-order valence-electron chi connectivity index (χ3n) is 0.965. The number of hydrogen-bond acceptors (Lipinski definition) is 1. The average Bonchev–Trinajstić information content (AvgIpc) is 1.80. The molecule has 0 aromatic heterocycles. The van der Waals surface area contributed by atoms with Crippen LogP contribution in [0.25, 0.3) is 0 Å². The van der Waals surface area contributed by atoms with Crippen LogP contribution in [0.5, 0.6) is 0 Å². The van der Waals surface area contributed by atoms with Gasteiger partial charge in [0, 0.05) is 11.6 Å². The predicted molar refractivity (Wildman–Crippen MR) is 38.0 cm³/mol. The van der Waals surface area contributed by atoms with E-state index in [1.54, 1.807) is 6.92 Å². The minimum atomic E-state index is -4.34. The smallest absolute Gasteiger partial charge is 0.325 e. The van der Waals surface area contributed by atoms with Gasteiger partial charge in [-0.15, -0.1) is 0 Å². The van der Waals surface area contributed by atoms with E-state index in [0.717, 1.165) is 6.08 Å². The summed E-state index contributed by atoms with van der Waals surface area (Å²) in [6.07, 6.45) is -2.22. The SMILES string of the molecule is C=C(/C=C\C(C)N)C(F)(F)F. The molecule has 0 amide bonds. The molecule has 0 spiro atoms. The Morgan fingerprint density at radius 3 is 2.27 bits per heavy atom. The first-order valence-electron chi connectivity index (χ1n) is 3.04. The van der Waals surface area contributed by atoms with Crippen molar-refractivity contribution in [3.8, 4) is 0 Å². The molecular formula is C7H10F3N. The Balaban J connectivity index is 4.09. The van der Waals surface area contributed by atoms with Crippen molar-refractivity contribution in [2.45, 2.75) is 19.1 Å². The van der Waals surface area contributed by atoms with Crippen molar-refractivity contribution in [2.75, 3.05) is 0 Å². The molecule has 0 aromatic carbocycles. The topological polar surface area (TPSA) is 26.0 Å². The highest BCUT2D eigenvalue weighted by Gasteiger charge is 2.29. The molecule has 0 radical (unpaired) electrons. The first-order chi connectivity index (χ1) is 4.84. The Morgan fingerprint density at radius 2 is 2.00 bits per heavy atom. The molecule has 0 aliphatic heterocycles. The maximum atomic E-state index is 11.7.